The van der Waals surface area contributed by atoms with Gasteiger partial charge in [0.05, 0.1) is 11.2 Å². The van der Waals surface area contributed by atoms with Gasteiger partial charge in [-0.05, 0) is 44.1 Å². The number of nitrogens with zero attached hydrogens (tertiary/aromatic N) is 2. The summed E-state index contributed by atoms with van der Waals surface area (Å²) in [5.41, 5.74) is 1.11. The van der Waals surface area contributed by atoms with Gasteiger partial charge in [0.15, 0.2) is 0 Å². The van der Waals surface area contributed by atoms with Gasteiger partial charge in [-0.3, -0.25) is 14.3 Å². The quantitative estimate of drug-likeness (QED) is 0.751. The normalized spacial score (nSPS) is 16.0. The van der Waals surface area contributed by atoms with Crippen molar-refractivity contribution in [2.45, 2.75) is 18.9 Å². The second-order valence-electron chi connectivity index (χ2n) is 5.89. The number of H-pyrrole nitrogens is 1. The Bertz CT molecular complexity index is 960. The number of benzene rings is 1. The molecule has 23 heavy (non-hydrogen) atoms. The molecule has 1 aromatic carbocycles. The van der Waals surface area contributed by atoms with Crippen LogP contribution < -0.4 is 16.6 Å². The second-order valence-corrected chi connectivity index (χ2v) is 5.89. The number of nitrogens with one attached hydrogen (secondary N) is 2. The van der Waals surface area contributed by atoms with Crippen LogP contribution in [0.15, 0.2) is 52.3 Å². The molecule has 118 valence electrons. The fourth-order valence-corrected chi connectivity index (χ4v) is 3.39. The summed E-state index contributed by atoms with van der Waals surface area (Å²) in [5.74, 6) is 0. The number of piperidine rings is 1. The molecule has 3 aromatic rings. The Morgan fingerprint density at radius 3 is 2.61 bits per heavy atom. The molecule has 2 aromatic heterocycles. The van der Waals surface area contributed by atoms with Gasteiger partial charge < -0.3 is 9.88 Å². The van der Waals surface area contributed by atoms with E-state index in [-0.39, 0.29) is 5.56 Å². The lowest BCUT2D eigenvalue weighted by Gasteiger charge is -2.25. The van der Waals surface area contributed by atoms with Crippen LogP contribution >= 0.6 is 0 Å². The largest absolute Gasteiger partial charge is 0.344 e. The van der Waals surface area contributed by atoms with Crippen LogP contribution in [0.2, 0.25) is 0 Å². The van der Waals surface area contributed by atoms with Crippen molar-refractivity contribution in [1.82, 2.24) is 19.4 Å². The molecule has 0 unspecified atom stereocenters. The summed E-state index contributed by atoms with van der Waals surface area (Å²) in [7, 11) is 0. The third-order valence-electron chi connectivity index (χ3n) is 4.53. The molecule has 0 spiro atoms. The van der Waals surface area contributed by atoms with E-state index in [4.69, 9.17) is 0 Å². The van der Waals surface area contributed by atoms with Crippen LogP contribution in [-0.4, -0.2) is 27.2 Å². The average Bonchev–Trinajstić information content (AvgIpc) is 3.00. The third kappa shape index (κ3) is 2.41. The molecule has 1 aliphatic heterocycles. The van der Waals surface area contributed by atoms with Crippen molar-refractivity contribution in [2.24, 2.45) is 0 Å². The molecule has 0 bridgehead atoms. The lowest BCUT2D eigenvalue weighted by Crippen LogP contribution is -2.29. The zero-order valence-electron chi connectivity index (χ0n) is 12.7. The molecule has 0 atom stereocenters. The first-order chi connectivity index (χ1) is 11.2. The van der Waals surface area contributed by atoms with Crippen molar-refractivity contribution in [3.63, 3.8) is 0 Å². The van der Waals surface area contributed by atoms with Crippen LogP contribution in [0.3, 0.4) is 0 Å². The van der Waals surface area contributed by atoms with Gasteiger partial charge in [-0.2, -0.15) is 0 Å². The maximum Gasteiger partial charge on any atom is 0.332 e. The molecule has 4 rings (SSSR count). The van der Waals surface area contributed by atoms with Gasteiger partial charge in [-0.25, -0.2) is 4.79 Å². The number of aromatic amines is 1. The van der Waals surface area contributed by atoms with Gasteiger partial charge in [0.25, 0.3) is 5.56 Å². The zero-order valence-corrected chi connectivity index (χ0v) is 12.7. The fraction of sp³-hybridized carbons (Fsp3) is 0.294. The van der Waals surface area contributed by atoms with Crippen molar-refractivity contribution in [1.29, 1.82) is 0 Å². The maximum atomic E-state index is 12.1. The SMILES string of the molecule is O=c1ccn(-c2cccc3c2ccn3C2CCNCC2)c(=O)[nH]1. The Hall–Kier alpha value is -2.60. The van der Waals surface area contributed by atoms with Gasteiger partial charge in [-0.15, -0.1) is 0 Å². The van der Waals surface area contributed by atoms with E-state index in [9.17, 15) is 9.59 Å². The molecule has 0 radical (unpaired) electrons. The number of hydrogen-bond donors (Lipinski definition) is 2. The van der Waals surface area contributed by atoms with Gasteiger partial charge >= 0.3 is 5.69 Å². The Morgan fingerprint density at radius 1 is 1.00 bits per heavy atom. The standard InChI is InChI=1S/C17H18N4O2/c22-16-7-11-21(17(23)19-16)15-3-1-2-14-13(15)6-10-20(14)12-4-8-18-9-5-12/h1-3,6-7,10-12,18H,4-5,8-9H2,(H,19,22,23). The number of hydrogen-bond acceptors (Lipinski definition) is 3. The molecule has 1 saturated heterocycles. The molecule has 0 aliphatic carbocycles. The highest BCUT2D eigenvalue weighted by atomic mass is 16.2. The van der Waals surface area contributed by atoms with E-state index in [0.29, 0.717) is 6.04 Å². The molecule has 0 amide bonds. The van der Waals surface area contributed by atoms with Crippen molar-refractivity contribution < 1.29 is 0 Å². The minimum atomic E-state index is -0.417. The first kappa shape index (κ1) is 14.0. The fourth-order valence-electron chi connectivity index (χ4n) is 3.39. The average molecular weight is 310 g/mol. The predicted octanol–water partition coefficient (Wildman–Crippen LogP) is 1.40. The highest BCUT2D eigenvalue weighted by Crippen LogP contribution is 2.28. The molecule has 3 heterocycles. The van der Waals surface area contributed by atoms with Crippen LogP contribution in [0.4, 0.5) is 0 Å². The van der Waals surface area contributed by atoms with E-state index in [1.807, 2.05) is 18.2 Å². The Balaban J connectivity index is 1.87. The van der Waals surface area contributed by atoms with E-state index in [1.54, 1.807) is 0 Å². The Morgan fingerprint density at radius 2 is 1.83 bits per heavy atom. The number of rotatable bonds is 2. The number of fused-ring (bicyclic) bond motifs is 1. The van der Waals surface area contributed by atoms with Crippen LogP contribution in [0.25, 0.3) is 16.6 Å². The third-order valence-corrected chi connectivity index (χ3v) is 4.53. The molecular weight excluding hydrogens is 292 g/mol. The number of aromatic nitrogens is 3. The first-order valence-corrected chi connectivity index (χ1v) is 7.87. The Kier molecular flexibility index (Phi) is 3.38. The lowest BCUT2D eigenvalue weighted by molar-refractivity contribution is 0.376. The van der Waals surface area contributed by atoms with Gasteiger partial charge in [-0.1, -0.05) is 6.07 Å². The predicted molar refractivity (Wildman–Crippen MR) is 89.3 cm³/mol. The van der Waals surface area contributed by atoms with E-state index in [1.165, 1.54) is 16.8 Å². The second kappa shape index (κ2) is 5.55. The van der Waals surface area contributed by atoms with Crippen LogP contribution in [0.1, 0.15) is 18.9 Å². The van der Waals surface area contributed by atoms with E-state index in [2.05, 4.69) is 27.1 Å². The summed E-state index contributed by atoms with van der Waals surface area (Å²) in [6, 6.07) is 9.82. The highest BCUT2D eigenvalue weighted by Gasteiger charge is 2.17. The summed E-state index contributed by atoms with van der Waals surface area (Å²) in [6.07, 6.45) is 5.83. The molecule has 6 heteroatoms. The van der Waals surface area contributed by atoms with E-state index >= 15 is 0 Å². The molecular formula is C17H18N4O2. The summed E-state index contributed by atoms with van der Waals surface area (Å²) < 4.78 is 3.78. The first-order valence-electron chi connectivity index (χ1n) is 7.87. The Labute approximate surface area is 132 Å². The molecule has 6 nitrogen and oxygen atoms in total. The van der Waals surface area contributed by atoms with Crippen LogP contribution in [0.5, 0.6) is 0 Å². The lowest BCUT2D eigenvalue weighted by atomic mass is 10.1. The van der Waals surface area contributed by atoms with Crippen LogP contribution in [-0.2, 0) is 0 Å². The minimum Gasteiger partial charge on any atom is -0.344 e. The van der Waals surface area contributed by atoms with Crippen molar-refractivity contribution in [3.05, 3.63) is 63.6 Å². The summed E-state index contributed by atoms with van der Waals surface area (Å²) in [6.45, 7) is 2.06. The molecule has 0 saturated carbocycles. The molecule has 2 N–H and O–H groups in total. The topological polar surface area (TPSA) is 71.8 Å². The monoisotopic (exact) mass is 310 g/mol. The molecule has 1 aliphatic rings. The smallest absolute Gasteiger partial charge is 0.332 e. The van der Waals surface area contributed by atoms with E-state index < -0.39 is 5.69 Å². The van der Waals surface area contributed by atoms with Crippen molar-refractivity contribution >= 4 is 10.9 Å². The van der Waals surface area contributed by atoms with Crippen molar-refractivity contribution in [2.75, 3.05) is 13.1 Å². The zero-order chi connectivity index (χ0) is 15.8. The summed E-state index contributed by atoms with van der Waals surface area (Å²) >= 11 is 0. The minimum absolute atomic E-state index is 0.384. The summed E-state index contributed by atoms with van der Waals surface area (Å²) in [5, 5.41) is 4.40. The van der Waals surface area contributed by atoms with E-state index in [0.717, 1.165) is 42.5 Å². The molecule has 1 fully saturated rings. The maximum absolute atomic E-state index is 12.1. The van der Waals surface area contributed by atoms with Crippen LogP contribution in [0, 0.1) is 0 Å². The van der Waals surface area contributed by atoms with Gasteiger partial charge in [0.1, 0.15) is 0 Å². The van der Waals surface area contributed by atoms with Gasteiger partial charge in [0, 0.05) is 29.9 Å². The van der Waals surface area contributed by atoms with Crippen molar-refractivity contribution in [3.8, 4) is 5.69 Å². The van der Waals surface area contributed by atoms with Gasteiger partial charge in [0.2, 0.25) is 0 Å². The highest BCUT2D eigenvalue weighted by molar-refractivity contribution is 5.88. The summed E-state index contributed by atoms with van der Waals surface area (Å²) in [4.78, 5) is 25.7.